The fourth-order valence-corrected chi connectivity index (χ4v) is 16.2. The largest absolute Gasteiger partial charge is 0.497 e. The smallest absolute Gasteiger partial charge is 0.302 e. The Hall–Kier alpha value is -2.84. The summed E-state index contributed by atoms with van der Waals surface area (Å²) in [6.45, 7) is 15.7. The molecule has 0 amide bonds. The van der Waals surface area contributed by atoms with Gasteiger partial charge in [0.05, 0.1) is 24.9 Å². The van der Waals surface area contributed by atoms with Gasteiger partial charge in [-0.3, -0.25) is 24.0 Å². The third-order valence-corrected chi connectivity index (χ3v) is 25.5. The molecule has 468 valence electrons. The van der Waals surface area contributed by atoms with E-state index in [1.54, 1.807) is 0 Å². The van der Waals surface area contributed by atoms with Gasteiger partial charge in [-0.15, -0.1) is 0 Å². The monoisotopic (exact) mass is 1160 g/mol. The topological polar surface area (TPSA) is 191 Å². The molecule has 82 heavy (non-hydrogen) atoms. The van der Waals surface area contributed by atoms with E-state index in [9.17, 15) is 44.1 Å². The molecule has 3 N–H and O–H groups in total. The van der Waals surface area contributed by atoms with Crippen LogP contribution in [0.5, 0.6) is 0 Å². The summed E-state index contributed by atoms with van der Waals surface area (Å²) in [5, 5.41) is 29.4. The lowest BCUT2D eigenvalue weighted by Crippen LogP contribution is -2.41. The van der Waals surface area contributed by atoms with Crippen molar-refractivity contribution in [2.45, 2.75) is 315 Å². The van der Waals surface area contributed by atoms with Gasteiger partial charge in [0, 0.05) is 70.0 Å². The van der Waals surface area contributed by atoms with Gasteiger partial charge >= 0.3 is 5.97 Å². The molecule has 3 unspecified atom stereocenters. The van der Waals surface area contributed by atoms with Crippen LogP contribution in [0.1, 0.15) is 272 Å². The van der Waals surface area contributed by atoms with Crippen LogP contribution >= 0.6 is 0 Å². The van der Waals surface area contributed by atoms with Crippen molar-refractivity contribution in [3.05, 3.63) is 23.0 Å². The molecule has 1 aliphatic heterocycles. The normalized spacial score (nSPS) is 31.7. The molecule has 0 aromatic carbocycles. The Balaban J connectivity index is 0.000000176. The number of carbonyl (C=O) groups excluding carboxylic acids is 6. The molecule has 1 heterocycles. The maximum atomic E-state index is 11.5. The van der Waals surface area contributed by atoms with Gasteiger partial charge in [0.1, 0.15) is 29.7 Å². The van der Waals surface area contributed by atoms with E-state index in [2.05, 4.69) is 39.9 Å². The van der Waals surface area contributed by atoms with Gasteiger partial charge in [-0.05, 0) is 206 Å². The molecular formula is C69H116O12Si. The maximum absolute atomic E-state index is 11.5. The van der Waals surface area contributed by atoms with Crippen LogP contribution in [-0.2, 0) is 42.7 Å². The highest BCUT2D eigenvalue weighted by molar-refractivity contribution is 6.74. The van der Waals surface area contributed by atoms with Crippen LogP contribution in [-0.4, -0.2) is 96.7 Å². The minimum Gasteiger partial charge on any atom is -0.497 e. The van der Waals surface area contributed by atoms with E-state index in [4.69, 9.17) is 13.9 Å². The van der Waals surface area contributed by atoms with Gasteiger partial charge < -0.3 is 34.0 Å². The summed E-state index contributed by atoms with van der Waals surface area (Å²) >= 11 is 0. The van der Waals surface area contributed by atoms with E-state index in [0.717, 1.165) is 144 Å². The van der Waals surface area contributed by atoms with E-state index in [1.165, 1.54) is 116 Å². The van der Waals surface area contributed by atoms with Crippen LogP contribution in [0.4, 0.5) is 0 Å². The van der Waals surface area contributed by atoms with Crippen molar-refractivity contribution in [3.63, 3.8) is 0 Å². The predicted molar refractivity (Wildman–Crippen MR) is 328 cm³/mol. The Bertz CT molecular complexity index is 2000. The summed E-state index contributed by atoms with van der Waals surface area (Å²) in [5.74, 6) is 7.55. The summed E-state index contributed by atoms with van der Waals surface area (Å²) in [6.07, 6.45) is 44.1. The number of fused-ring (bicyclic) bond motifs is 4. The van der Waals surface area contributed by atoms with Gasteiger partial charge in [0.15, 0.2) is 19.9 Å². The molecule has 12 aliphatic rings. The second kappa shape index (κ2) is 36.3. The number of unbranched alkanes of at least 4 members (excludes halogenated alkanes) is 1. The molecule has 0 bridgehead atoms. The van der Waals surface area contributed by atoms with Crippen molar-refractivity contribution in [1.29, 1.82) is 0 Å². The number of hydrogen-bond acceptors (Lipinski definition) is 12. The second-order valence-corrected chi connectivity index (χ2v) is 32.6. The molecule has 0 spiro atoms. The SMILES string of the molecule is CC(=O)O[C@@H]1CCC[C@@H]2CCC[C@@H]21.CC(C)(C)[Si](C)(C)OCCC(O)C1CCCC1=O.CCCC=O.O=C1CCCC1.O=C1CCCC2CCC=C12.O=C1CCOC2=C1CCC2.O[C@H]1CCC[C@H]2CCC[C@H]21.O[C@H]1CCC[C@H]2CCC[C@H]21. The highest BCUT2D eigenvalue weighted by Crippen LogP contribution is 2.45. The number of rotatable bonds is 8. The van der Waals surface area contributed by atoms with E-state index >= 15 is 0 Å². The molecule has 11 aliphatic carbocycles. The Morgan fingerprint density at radius 3 is 1.70 bits per heavy atom. The average molecular weight is 1170 g/mol. The van der Waals surface area contributed by atoms with Gasteiger partial charge in [-0.25, -0.2) is 0 Å². The first kappa shape index (κ1) is 69.9. The van der Waals surface area contributed by atoms with E-state index in [-0.39, 0.29) is 41.0 Å². The van der Waals surface area contributed by atoms with E-state index < -0.39 is 14.4 Å². The number of carbonyl (C=O) groups is 6. The zero-order valence-corrected chi connectivity index (χ0v) is 53.7. The molecule has 0 radical (unpaired) electrons. The average Bonchev–Trinajstić information content (AvgIpc) is 4.33. The number of ether oxygens (including phenoxy) is 2. The zero-order valence-electron chi connectivity index (χ0n) is 52.7. The molecule has 9 saturated carbocycles. The lowest BCUT2D eigenvalue weighted by Gasteiger charge is -2.36. The highest BCUT2D eigenvalue weighted by atomic mass is 28.4. The first-order chi connectivity index (χ1) is 39.2. The molecular weight excluding hydrogens is 1050 g/mol. The molecule has 0 saturated heterocycles. The van der Waals surface area contributed by atoms with Gasteiger partial charge in [0.25, 0.3) is 0 Å². The van der Waals surface area contributed by atoms with E-state index in [1.807, 2.05) is 6.92 Å². The Morgan fingerprint density at radius 2 is 1.22 bits per heavy atom. The molecule has 9 fully saturated rings. The minimum atomic E-state index is -1.72. The third kappa shape index (κ3) is 22.8. The van der Waals surface area contributed by atoms with Crippen LogP contribution < -0.4 is 0 Å². The van der Waals surface area contributed by atoms with Crippen molar-refractivity contribution >= 4 is 43.7 Å². The van der Waals surface area contributed by atoms with Crippen molar-refractivity contribution in [2.75, 3.05) is 13.2 Å². The van der Waals surface area contributed by atoms with E-state index in [0.29, 0.717) is 79.9 Å². The lowest BCUT2D eigenvalue weighted by molar-refractivity contribution is -0.151. The van der Waals surface area contributed by atoms with Crippen LogP contribution in [0.25, 0.3) is 0 Å². The van der Waals surface area contributed by atoms with Crippen molar-refractivity contribution in [3.8, 4) is 0 Å². The summed E-state index contributed by atoms with van der Waals surface area (Å²) in [5.41, 5.74) is 2.14. The summed E-state index contributed by atoms with van der Waals surface area (Å²) < 4.78 is 16.7. The molecule has 13 heteroatoms. The fraction of sp³-hybridized carbons (Fsp3) is 0.855. The minimum absolute atomic E-state index is 0.0567. The standard InChI is InChI=1S/C14H28O3Si.C11H18O2.2C9H16O.C9H12O.C8H10O2.C5H8O.C4H8O/c1-14(2,3)18(4,5)17-10-9-13(16)11-7-6-8-12(11)15;1-8(12)13-11-7-3-5-9-4-2-6-10(9)11;3*10-9-6-2-4-7-3-1-5-8(7)9;9-7-4-5-10-8-3-1-2-6(7)8;6-5-3-1-2-4-5;1-2-3-4-5/h11,13,16H,6-10H2,1-5H3;9-11H,2-7H2,1H3;2*7-10H,1-6H2;5,7H,1-4,6H2;1-5H2;1-4H2;4H,2-3H2,1H3/t;9-,10-,11+;2*7-,8-,9+;;;;/m.011..../s1. The fourth-order valence-electron chi connectivity index (χ4n) is 15.2. The van der Waals surface area contributed by atoms with Crippen molar-refractivity contribution < 1.29 is 58.0 Å². The lowest BCUT2D eigenvalue weighted by atomic mass is 9.79. The zero-order chi connectivity index (χ0) is 59.7. The molecule has 12 atom stereocenters. The Morgan fingerprint density at radius 1 is 0.659 bits per heavy atom. The molecule has 0 aromatic rings. The van der Waals surface area contributed by atoms with Crippen LogP contribution in [0.3, 0.4) is 0 Å². The number of aldehydes is 1. The number of aliphatic hydroxyl groups is 3. The number of Topliss-reactive ketones (excluding diaryl/α,β-unsaturated/α-hetero) is 4. The number of ketones is 4. The predicted octanol–water partition coefficient (Wildman–Crippen LogP) is 15.1. The highest BCUT2D eigenvalue weighted by Gasteiger charge is 2.40. The van der Waals surface area contributed by atoms with Gasteiger partial charge in [0.2, 0.25) is 0 Å². The van der Waals surface area contributed by atoms with Crippen molar-refractivity contribution in [2.24, 2.45) is 47.3 Å². The van der Waals surface area contributed by atoms with Crippen LogP contribution in [0.2, 0.25) is 18.1 Å². The molecule has 12 nitrogen and oxygen atoms in total. The Kier molecular flexibility index (Phi) is 31.0. The second-order valence-electron chi connectivity index (χ2n) is 27.8. The molecule has 0 aromatic heterocycles. The maximum Gasteiger partial charge on any atom is 0.302 e. The Labute approximate surface area is 497 Å². The first-order valence-electron chi connectivity index (χ1n) is 33.7. The summed E-state index contributed by atoms with van der Waals surface area (Å²) in [6, 6.07) is 0. The quantitative estimate of drug-likeness (QED) is 0.119. The third-order valence-electron chi connectivity index (χ3n) is 20.9. The number of esters is 1. The first-order valence-corrected chi connectivity index (χ1v) is 36.6. The van der Waals surface area contributed by atoms with Crippen LogP contribution in [0, 0.1) is 47.3 Å². The summed E-state index contributed by atoms with van der Waals surface area (Å²) in [7, 11) is -1.72. The van der Waals surface area contributed by atoms with Gasteiger partial charge in [-0.2, -0.15) is 0 Å². The summed E-state index contributed by atoms with van der Waals surface area (Å²) in [4.78, 5) is 64.4. The van der Waals surface area contributed by atoms with Crippen molar-refractivity contribution in [1.82, 2.24) is 0 Å². The number of hydrogen-bond donors (Lipinski definition) is 3. The van der Waals surface area contributed by atoms with Crippen LogP contribution in [0.15, 0.2) is 23.0 Å². The number of aliphatic hydroxyl groups excluding tert-OH is 3. The van der Waals surface area contributed by atoms with Gasteiger partial charge in [-0.1, -0.05) is 85.1 Å². The molecule has 12 rings (SSSR count). The number of allylic oxidation sites excluding steroid dienone is 4.